The SMILES string of the molecule is COc1c(Cl)cc(/C(O)=C2/C(=O)C(=O)N(Cc3ccncc3)C2c2cccs2)c(OC)c1Cl. The number of carbonyl (C=O) groups excluding carboxylic acids is 2. The minimum atomic E-state index is -0.815. The minimum Gasteiger partial charge on any atom is -0.507 e. The summed E-state index contributed by atoms with van der Waals surface area (Å²) >= 11 is 14.0. The number of thiophene rings is 1. The molecule has 1 saturated heterocycles. The molecular weight excluding hydrogens is 487 g/mol. The van der Waals surface area contributed by atoms with Crippen LogP contribution in [0.15, 0.2) is 53.7 Å². The number of aromatic nitrogens is 1. The Morgan fingerprint density at radius 2 is 1.85 bits per heavy atom. The number of ether oxygens (including phenoxy) is 2. The number of aliphatic hydroxyl groups excluding tert-OH is 1. The van der Waals surface area contributed by atoms with Crippen LogP contribution in [0.1, 0.15) is 22.0 Å². The van der Waals surface area contributed by atoms with Crippen LogP contribution in [0, 0.1) is 0 Å². The van der Waals surface area contributed by atoms with Gasteiger partial charge in [-0.3, -0.25) is 14.6 Å². The monoisotopic (exact) mass is 504 g/mol. The summed E-state index contributed by atoms with van der Waals surface area (Å²) in [5.74, 6) is -1.74. The number of halogens is 2. The van der Waals surface area contributed by atoms with E-state index in [4.69, 9.17) is 32.7 Å². The topological polar surface area (TPSA) is 89.0 Å². The Labute approximate surface area is 203 Å². The predicted octanol–water partition coefficient (Wildman–Crippen LogP) is 5.09. The lowest BCUT2D eigenvalue weighted by molar-refractivity contribution is -0.140. The maximum atomic E-state index is 13.2. The molecule has 0 radical (unpaired) electrons. The normalized spacial score (nSPS) is 17.5. The van der Waals surface area contributed by atoms with Gasteiger partial charge in [0.05, 0.1) is 36.4 Å². The number of ketones is 1. The molecule has 1 unspecified atom stereocenters. The Kier molecular flexibility index (Phi) is 6.60. The quantitative estimate of drug-likeness (QED) is 0.285. The maximum Gasteiger partial charge on any atom is 0.295 e. The number of aliphatic hydroxyl groups is 1. The number of carbonyl (C=O) groups is 2. The van der Waals surface area contributed by atoms with Gasteiger partial charge in [0.1, 0.15) is 10.8 Å². The highest BCUT2D eigenvalue weighted by atomic mass is 35.5. The van der Waals surface area contributed by atoms with Crippen LogP contribution < -0.4 is 9.47 Å². The van der Waals surface area contributed by atoms with E-state index in [1.807, 2.05) is 11.4 Å². The molecule has 1 amide bonds. The zero-order valence-electron chi connectivity index (χ0n) is 17.5. The molecule has 170 valence electrons. The Hall–Kier alpha value is -3.07. The van der Waals surface area contributed by atoms with E-state index < -0.39 is 23.5 Å². The molecule has 0 saturated carbocycles. The fraction of sp³-hybridized carbons (Fsp3) is 0.174. The fourth-order valence-corrected chi connectivity index (χ4v) is 5.29. The number of benzene rings is 1. The average molecular weight is 505 g/mol. The molecule has 33 heavy (non-hydrogen) atoms. The molecule has 1 aliphatic rings. The molecule has 3 heterocycles. The van der Waals surface area contributed by atoms with Gasteiger partial charge < -0.3 is 19.5 Å². The number of nitrogens with zero attached hydrogens (tertiary/aromatic N) is 2. The Bertz CT molecular complexity index is 1250. The number of methoxy groups -OCH3 is 2. The molecular formula is C23H18Cl2N2O5S. The van der Waals surface area contributed by atoms with E-state index in [1.54, 1.807) is 30.6 Å². The third-order valence-corrected chi connectivity index (χ3v) is 6.80. The number of pyridine rings is 1. The van der Waals surface area contributed by atoms with E-state index >= 15 is 0 Å². The highest BCUT2D eigenvalue weighted by molar-refractivity contribution is 7.10. The second kappa shape index (κ2) is 9.43. The molecule has 10 heteroatoms. The van der Waals surface area contributed by atoms with Crippen LogP contribution in [0.25, 0.3) is 5.76 Å². The van der Waals surface area contributed by atoms with Gasteiger partial charge in [-0.15, -0.1) is 11.3 Å². The first kappa shape index (κ1) is 23.1. The van der Waals surface area contributed by atoms with Crippen molar-refractivity contribution in [2.24, 2.45) is 0 Å². The fourth-order valence-electron chi connectivity index (χ4n) is 3.76. The number of amides is 1. The van der Waals surface area contributed by atoms with Gasteiger partial charge in [-0.2, -0.15) is 0 Å². The summed E-state index contributed by atoms with van der Waals surface area (Å²) in [6.07, 6.45) is 3.22. The lowest BCUT2D eigenvalue weighted by Gasteiger charge is -2.24. The maximum absolute atomic E-state index is 13.2. The summed E-state index contributed by atoms with van der Waals surface area (Å²) in [6, 6.07) is 7.73. The van der Waals surface area contributed by atoms with Crippen LogP contribution >= 0.6 is 34.5 Å². The Morgan fingerprint density at radius 3 is 2.45 bits per heavy atom. The summed E-state index contributed by atoms with van der Waals surface area (Å²) in [5.41, 5.74) is 0.797. The number of likely N-dealkylation sites (tertiary alicyclic amines) is 1. The summed E-state index contributed by atoms with van der Waals surface area (Å²) in [6.45, 7) is 0.160. The van der Waals surface area contributed by atoms with E-state index in [-0.39, 0.29) is 39.2 Å². The van der Waals surface area contributed by atoms with Crippen molar-refractivity contribution in [3.63, 3.8) is 0 Å². The molecule has 0 bridgehead atoms. The van der Waals surface area contributed by atoms with Crippen LogP contribution in [0.2, 0.25) is 10.0 Å². The molecule has 7 nitrogen and oxygen atoms in total. The first-order valence-electron chi connectivity index (χ1n) is 9.70. The molecule has 1 N–H and O–H groups in total. The van der Waals surface area contributed by atoms with Crippen molar-refractivity contribution in [1.82, 2.24) is 9.88 Å². The second-order valence-electron chi connectivity index (χ2n) is 7.08. The smallest absolute Gasteiger partial charge is 0.295 e. The largest absolute Gasteiger partial charge is 0.507 e. The highest BCUT2D eigenvalue weighted by Gasteiger charge is 2.47. The summed E-state index contributed by atoms with van der Waals surface area (Å²) < 4.78 is 10.6. The van der Waals surface area contributed by atoms with Crippen molar-refractivity contribution >= 4 is 52.0 Å². The number of Topliss-reactive ketones (excluding diaryl/α,β-unsaturated/α-hetero) is 1. The van der Waals surface area contributed by atoms with Gasteiger partial charge >= 0.3 is 0 Å². The second-order valence-corrected chi connectivity index (χ2v) is 8.85. The summed E-state index contributed by atoms with van der Waals surface area (Å²) in [7, 11) is 2.76. The van der Waals surface area contributed by atoms with Gasteiger partial charge in [0.15, 0.2) is 11.5 Å². The molecule has 2 aromatic heterocycles. The standard InChI is InChI=1S/C23H18Cl2N2O5S/c1-31-21-13(10-14(24)22(32-2)17(21)25)19(28)16-18(15-4-3-9-33-15)27(23(30)20(16)29)11-12-5-7-26-8-6-12/h3-10,18,28H,11H2,1-2H3/b19-16-. The van der Waals surface area contributed by atoms with Crippen molar-refractivity contribution in [3.05, 3.63) is 79.7 Å². The van der Waals surface area contributed by atoms with E-state index in [2.05, 4.69) is 4.98 Å². The lowest BCUT2D eigenvalue weighted by Crippen LogP contribution is -2.28. The van der Waals surface area contributed by atoms with Crippen LogP contribution in [-0.2, 0) is 16.1 Å². The molecule has 3 aromatic rings. The first-order chi connectivity index (χ1) is 15.9. The molecule has 4 rings (SSSR count). The Morgan fingerprint density at radius 1 is 1.15 bits per heavy atom. The van der Waals surface area contributed by atoms with E-state index in [1.165, 1.54) is 36.5 Å². The molecule has 0 aliphatic carbocycles. The number of hydrogen-bond acceptors (Lipinski definition) is 7. The lowest BCUT2D eigenvalue weighted by atomic mass is 9.99. The van der Waals surface area contributed by atoms with E-state index in [9.17, 15) is 14.7 Å². The van der Waals surface area contributed by atoms with Gasteiger partial charge in [-0.1, -0.05) is 29.3 Å². The van der Waals surface area contributed by atoms with Crippen molar-refractivity contribution < 1.29 is 24.2 Å². The van der Waals surface area contributed by atoms with Crippen molar-refractivity contribution in [3.8, 4) is 11.5 Å². The highest BCUT2D eigenvalue weighted by Crippen LogP contribution is 2.47. The van der Waals surface area contributed by atoms with Gasteiger partial charge in [0, 0.05) is 23.8 Å². The van der Waals surface area contributed by atoms with Crippen LogP contribution in [0.5, 0.6) is 11.5 Å². The molecule has 1 aliphatic heterocycles. The summed E-state index contributed by atoms with van der Waals surface area (Å²) in [4.78, 5) is 32.4. The third kappa shape index (κ3) is 4.06. The molecule has 1 atom stereocenters. The zero-order valence-corrected chi connectivity index (χ0v) is 19.9. The van der Waals surface area contributed by atoms with Crippen LogP contribution in [-0.4, -0.2) is 40.9 Å². The molecule has 1 fully saturated rings. The molecule has 0 spiro atoms. The van der Waals surface area contributed by atoms with Crippen molar-refractivity contribution in [2.75, 3.05) is 14.2 Å². The van der Waals surface area contributed by atoms with Crippen LogP contribution in [0.4, 0.5) is 0 Å². The summed E-state index contributed by atoms with van der Waals surface area (Å²) in [5, 5.41) is 13.3. The van der Waals surface area contributed by atoms with Crippen LogP contribution in [0.3, 0.4) is 0 Å². The van der Waals surface area contributed by atoms with Gasteiger partial charge in [0.25, 0.3) is 11.7 Å². The predicted molar refractivity (Wildman–Crippen MR) is 126 cm³/mol. The zero-order chi connectivity index (χ0) is 23.7. The third-order valence-electron chi connectivity index (χ3n) is 5.25. The average Bonchev–Trinajstić information content (AvgIpc) is 3.42. The van der Waals surface area contributed by atoms with Gasteiger partial charge in [-0.25, -0.2) is 0 Å². The van der Waals surface area contributed by atoms with E-state index in [0.29, 0.717) is 0 Å². The number of rotatable bonds is 6. The van der Waals surface area contributed by atoms with Gasteiger partial charge in [-0.05, 0) is 35.2 Å². The van der Waals surface area contributed by atoms with Gasteiger partial charge in [0.2, 0.25) is 0 Å². The van der Waals surface area contributed by atoms with E-state index in [0.717, 1.165) is 10.4 Å². The molecule has 1 aromatic carbocycles. The minimum absolute atomic E-state index is 0.0349. The Balaban J connectivity index is 1.91. The van der Waals surface area contributed by atoms with Crippen molar-refractivity contribution in [1.29, 1.82) is 0 Å². The van der Waals surface area contributed by atoms with Crippen molar-refractivity contribution in [2.45, 2.75) is 12.6 Å². The first-order valence-corrected chi connectivity index (χ1v) is 11.3. The number of hydrogen-bond donors (Lipinski definition) is 1.